The highest BCUT2D eigenvalue weighted by atomic mass is 16.5. The molecule has 6 nitrogen and oxygen atoms in total. The van der Waals surface area contributed by atoms with Gasteiger partial charge in [0.25, 0.3) is 5.91 Å². The summed E-state index contributed by atoms with van der Waals surface area (Å²) in [6.45, 7) is 3.65. The van der Waals surface area contributed by atoms with Crippen LogP contribution in [0.1, 0.15) is 28.6 Å². The van der Waals surface area contributed by atoms with Gasteiger partial charge in [-0.25, -0.2) is 0 Å². The van der Waals surface area contributed by atoms with Gasteiger partial charge in [0, 0.05) is 18.8 Å². The van der Waals surface area contributed by atoms with E-state index in [0.717, 1.165) is 17.9 Å². The first-order valence-electron chi connectivity index (χ1n) is 10.5. The van der Waals surface area contributed by atoms with Crippen LogP contribution in [0.5, 0.6) is 11.5 Å². The third kappa shape index (κ3) is 4.53. The lowest BCUT2D eigenvalue weighted by atomic mass is 10.1. The van der Waals surface area contributed by atoms with E-state index in [1.807, 2.05) is 24.3 Å². The number of amides is 1. The van der Waals surface area contributed by atoms with E-state index in [0.29, 0.717) is 37.1 Å². The molecule has 2 heterocycles. The Morgan fingerprint density at radius 3 is 2.65 bits per heavy atom. The summed E-state index contributed by atoms with van der Waals surface area (Å²) in [6, 6.07) is 17.9. The smallest absolute Gasteiger partial charge is 0.257 e. The van der Waals surface area contributed by atoms with Gasteiger partial charge in [-0.15, -0.1) is 0 Å². The Bertz CT molecular complexity index is 1030. The monoisotopic (exact) mass is 420 g/mol. The molecule has 1 aliphatic heterocycles. The fourth-order valence-corrected chi connectivity index (χ4v) is 3.96. The van der Waals surface area contributed by atoms with Crippen molar-refractivity contribution in [2.45, 2.75) is 25.9 Å². The first-order valence-corrected chi connectivity index (χ1v) is 10.5. The quantitative estimate of drug-likeness (QED) is 0.541. The molecular weight excluding hydrogens is 392 g/mol. The predicted octanol–water partition coefficient (Wildman–Crippen LogP) is 4.39. The standard InChI is InChI=1S/C25H28N2O4/c1-18-16-19-6-4-5-7-23(19)27(18)17-24-22(12-14-31-24)25(28)26(2)13-15-30-21-10-8-20(29-3)9-11-21/h4-12,14,18H,13,15-17H2,1-3H3. The Hall–Kier alpha value is -3.41. The minimum Gasteiger partial charge on any atom is -0.497 e. The van der Waals surface area contributed by atoms with E-state index in [-0.39, 0.29) is 5.91 Å². The lowest BCUT2D eigenvalue weighted by Gasteiger charge is -2.24. The molecule has 0 spiro atoms. The molecule has 31 heavy (non-hydrogen) atoms. The maximum Gasteiger partial charge on any atom is 0.257 e. The number of para-hydroxylation sites is 1. The molecule has 1 aliphatic rings. The Morgan fingerprint density at radius 2 is 1.87 bits per heavy atom. The number of rotatable bonds is 8. The van der Waals surface area contributed by atoms with Crippen molar-refractivity contribution >= 4 is 11.6 Å². The third-order valence-electron chi connectivity index (χ3n) is 5.74. The highest BCUT2D eigenvalue weighted by molar-refractivity contribution is 5.95. The van der Waals surface area contributed by atoms with Crippen molar-refractivity contribution in [1.29, 1.82) is 0 Å². The number of benzene rings is 2. The van der Waals surface area contributed by atoms with Crippen molar-refractivity contribution in [2.75, 3.05) is 32.2 Å². The molecule has 0 N–H and O–H groups in total. The molecular formula is C25H28N2O4. The number of hydrogen-bond donors (Lipinski definition) is 0. The van der Waals surface area contributed by atoms with E-state index in [2.05, 4.69) is 36.1 Å². The predicted molar refractivity (Wildman–Crippen MR) is 120 cm³/mol. The van der Waals surface area contributed by atoms with Gasteiger partial charge in [-0.2, -0.15) is 0 Å². The van der Waals surface area contributed by atoms with Gasteiger partial charge >= 0.3 is 0 Å². The Morgan fingerprint density at radius 1 is 1.13 bits per heavy atom. The first-order chi connectivity index (χ1) is 15.1. The van der Waals surface area contributed by atoms with Crippen LogP contribution < -0.4 is 14.4 Å². The van der Waals surface area contributed by atoms with Gasteiger partial charge in [0.15, 0.2) is 0 Å². The summed E-state index contributed by atoms with van der Waals surface area (Å²) in [7, 11) is 3.41. The van der Waals surface area contributed by atoms with Crippen LogP contribution >= 0.6 is 0 Å². The molecule has 2 aromatic carbocycles. The first kappa shape index (κ1) is 20.8. The molecule has 0 aliphatic carbocycles. The summed E-state index contributed by atoms with van der Waals surface area (Å²) in [5.74, 6) is 2.15. The summed E-state index contributed by atoms with van der Waals surface area (Å²) in [5, 5.41) is 0. The Kier molecular flexibility index (Phi) is 6.16. The number of hydrogen-bond acceptors (Lipinski definition) is 5. The van der Waals surface area contributed by atoms with Crippen LogP contribution in [0.4, 0.5) is 5.69 Å². The molecule has 1 aromatic heterocycles. The van der Waals surface area contributed by atoms with Gasteiger partial charge in [-0.1, -0.05) is 18.2 Å². The molecule has 4 rings (SSSR count). The fraction of sp³-hybridized carbons (Fsp3) is 0.320. The van der Waals surface area contributed by atoms with Crippen LogP contribution in [0.25, 0.3) is 0 Å². The second-order valence-corrected chi connectivity index (χ2v) is 7.82. The largest absolute Gasteiger partial charge is 0.497 e. The number of fused-ring (bicyclic) bond motifs is 1. The van der Waals surface area contributed by atoms with E-state index in [4.69, 9.17) is 13.9 Å². The van der Waals surface area contributed by atoms with E-state index >= 15 is 0 Å². The van der Waals surface area contributed by atoms with Crippen molar-refractivity contribution in [3.05, 3.63) is 77.7 Å². The highest BCUT2D eigenvalue weighted by Gasteiger charge is 2.28. The summed E-state index contributed by atoms with van der Waals surface area (Å²) in [4.78, 5) is 17.0. The average molecular weight is 421 g/mol. The molecule has 1 atom stereocenters. The van der Waals surface area contributed by atoms with Crippen molar-refractivity contribution < 1.29 is 18.7 Å². The second-order valence-electron chi connectivity index (χ2n) is 7.82. The zero-order valence-electron chi connectivity index (χ0n) is 18.2. The summed E-state index contributed by atoms with van der Waals surface area (Å²) < 4.78 is 16.6. The van der Waals surface area contributed by atoms with Gasteiger partial charge in [-0.05, 0) is 55.3 Å². The average Bonchev–Trinajstić information content (AvgIpc) is 3.38. The minimum atomic E-state index is -0.0674. The van der Waals surface area contributed by atoms with Crippen LogP contribution in [0, 0.1) is 0 Å². The van der Waals surface area contributed by atoms with E-state index in [1.165, 1.54) is 11.3 Å². The number of anilines is 1. The third-order valence-corrected chi connectivity index (χ3v) is 5.74. The van der Waals surface area contributed by atoms with Crippen LogP contribution in [0.3, 0.4) is 0 Å². The van der Waals surface area contributed by atoms with E-state index in [9.17, 15) is 4.79 Å². The Balaban J connectivity index is 1.36. The zero-order chi connectivity index (χ0) is 21.8. The Labute approximate surface area is 183 Å². The van der Waals surface area contributed by atoms with Crippen LogP contribution in [-0.2, 0) is 13.0 Å². The van der Waals surface area contributed by atoms with Crippen LogP contribution in [-0.4, -0.2) is 44.2 Å². The van der Waals surface area contributed by atoms with Crippen molar-refractivity contribution in [2.24, 2.45) is 0 Å². The number of ether oxygens (including phenoxy) is 2. The van der Waals surface area contributed by atoms with Crippen molar-refractivity contribution in [1.82, 2.24) is 4.90 Å². The van der Waals surface area contributed by atoms with Crippen LogP contribution in [0.15, 0.2) is 65.3 Å². The fourth-order valence-electron chi connectivity index (χ4n) is 3.96. The van der Waals surface area contributed by atoms with Gasteiger partial charge in [0.05, 0.1) is 32.0 Å². The van der Waals surface area contributed by atoms with E-state index < -0.39 is 0 Å². The minimum absolute atomic E-state index is 0.0674. The maximum atomic E-state index is 13.0. The summed E-state index contributed by atoms with van der Waals surface area (Å²) >= 11 is 0. The van der Waals surface area contributed by atoms with E-state index in [1.54, 1.807) is 31.4 Å². The topological polar surface area (TPSA) is 55.2 Å². The molecule has 0 saturated heterocycles. The lowest BCUT2D eigenvalue weighted by Crippen LogP contribution is -2.33. The van der Waals surface area contributed by atoms with Crippen molar-refractivity contribution in [3.8, 4) is 11.5 Å². The number of furan rings is 1. The molecule has 0 saturated carbocycles. The zero-order valence-corrected chi connectivity index (χ0v) is 18.2. The molecule has 1 unspecified atom stereocenters. The molecule has 0 bridgehead atoms. The summed E-state index contributed by atoms with van der Waals surface area (Å²) in [6.07, 6.45) is 2.60. The normalized spacial score (nSPS) is 14.9. The number of carbonyl (C=O) groups excluding carboxylic acids is 1. The molecule has 3 aromatic rings. The van der Waals surface area contributed by atoms with Gasteiger partial charge < -0.3 is 23.7 Å². The molecule has 6 heteroatoms. The molecule has 0 radical (unpaired) electrons. The van der Waals surface area contributed by atoms with Gasteiger partial charge in [-0.3, -0.25) is 4.79 Å². The van der Waals surface area contributed by atoms with Crippen molar-refractivity contribution in [3.63, 3.8) is 0 Å². The highest BCUT2D eigenvalue weighted by Crippen LogP contribution is 2.33. The van der Waals surface area contributed by atoms with Gasteiger partial charge in [0.2, 0.25) is 0 Å². The maximum absolute atomic E-state index is 13.0. The number of nitrogens with zero attached hydrogens (tertiary/aromatic N) is 2. The molecule has 162 valence electrons. The molecule has 1 amide bonds. The number of carbonyl (C=O) groups is 1. The van der Waals surface area contributed by atoms with Crippen LogP contribution in [0.2, 0.25) is 0 Å². The van der Waals surface area contributed by atoms with Gasteiger partial charge in [0.1, 0.15) is 23.9 Å². The number of methoxy groups -OCH3 is 1. The second kappa shape index (κ2) is 9.16. The molecule has 0 fully saturated rings. The number of likely N-dealkylation sites (N-methyl/N-ethyl adjacent to an activating group) is 1. The summed E-state index contributed by atoms with van der Waals surface area (Å²) in [5.41, 5.74) is 3.15. The SMILES string of the molecule is COc1ccc(OCCN(C)C(=O)c2ccoc2CN2c3ccccc3CC2C)cc1. The lowest BCUT2D eigenvalue weighted by molar-refractivity contribution is 0.0771.